The summed E-state index contributed by atoms with van der Waals surface area (Å²) in [6, 6.07) is 6.43. The molecule has 0 unspecified atom stereocenters. The lowest BCUT2D eigenvalue weighted by Gasteiger charge is -2.18. The van der Waals surface area contributed by atoms with Gasteiger partial charge >= 0.3 is 0 Å². The van der Waals surface area contributed by atoms with Gasteiger partial charge in [-0.1, -0.05) is 12.1 Å². The van der Waals surface area contributed by atoms with Gasteiger partial charge in [0.15, 0.2) is 0 Å². The molecule has 2 N–H and O–H groups in total. The SMILES string of the molecule is COc1ccc2c(c1)C(CCCCN)=CCC2. The van der Waals surface area contributed by atoms with E-state index in [-0.39, 0.29) is 0 Å². The molecule has 1 aromatic carbocycles. The summed E-state index contributed by atoms with van der Waals surface area (Å²) in [6.07, 6.45) is 8.11. The first-order valence-corrected chi connectivity index (χ1v) is 6.41. The van der Waals surface area contributed by atoms with E-state index in [1.165, 1.54) is 23.1 Å². The van der Waals surface area contributed by atoms with Crippen molar-refractivity contribution in [2.75, 3.05) is 13.7 Å². The molecule has 17 heavy (non-hydrogen) atoms. The van der Waals surface area contributed by atoms with Crippen LogP contribution >= 0.6 is 0 Å². The fraction of sp³-hybridized carbons (Fsp3) is 0.467. The third-order valence-electron chi connectivity index (χ3n) is 3.37. The van der Waals surface area contributed by atoms with Crippen LogP contribution in [0, 0.1) is 0 Å². The fourth-order valence-corrected chi connectivity index (χ4v) is 2.41. The molecule has 0 saturated heterocycles. The van der Waals surface area contributed by atoms with Gasteiger partial charge in [-0.25, -0.2) is 0 Å². The molecule has 0 heterocycles. The Morgan fingerprint density at radius 1 is 1.29 bits per heavy atom. The molecule has 92 valence electrons. The van der Waals surface area contributed by atoms with Gasteiger partial charge in [0.1, 0.15) is 5.75 Å². The maximum absolute atomic E-state index is 5.54. The number of hydrogen-bond acceptors (Lipinski definition) is 2. The zero-order valence-corrected chi connectivity index (χ0v) is 10.5. The van der Waals surface area contributed by atoms with Crippen molar-refractivity contribution in [3.05, 3.63) is 35.4 Å². The van der Waals surface area contributed by atoms with Gasteiger partial charge in [-0.05, 0) is 67.5 Å². The molecular weight excluding hydrogens is 210 g/mol. The predicted octanol–water partition coefficient (Wildman–Crippen LogP) is 3.15. The van der Waals surface area contributed by atoms with Gasteiger partial charge in [-0.15, -0.1) is 0 Å². The maximum atomic E-state index is 5.54. The number of fused-ring (bicyclic) bond motifs is 1. The minimum absolute atomic E-state index is 0.790. The van der Waals surface area contributed by atoms with Crippen LogP contribution in [0.3, 0.4) is 0 Å². The molecule has 0 bridgehead atoms. The number of hydrogen-bond donors (Lipinski definition) is 1. The number of rotatable bonds is 5. The van der Waals surface area contributed by atoms with E-state index in [9.17, 15) is 0 Å². The second-order valence-corrected chi connectivity index (χ2v) is 4.54. The third-order valence-corrected chi connectivity index (χ3v) is 3.37. The average molecular weight is 231 g/mol. The number of methoxy groups -OCH3 is 1. The molecule has 0 fully saturated rings. The van der Waals surface area contributed by atoms with Gasteiger partial charge in [0.25, 0.3) is 0 Å². The van der Waals surface area contributed by atoms with Crippen molar-refractivity contribution in [3.8, 4) is 5.75 Å². The van der Waals surface area contributed by atoms with Gasteiger partial charge in [-0.2, -0.15) is 0 Å². The summed E-state index contributed by atoms with van der Waals surface area (Å²) in [7, 11) is 1.72. The van der Waals surface area contributed by atoms with Gasteiger partial charge in [0.05, 0.1) is 7.11 Å². The molecule has 1 aromatic rings. The highest BCUT2D eigenvalue weighted by Crippen LogP contribution is 2.32. The van der Waals surface area contributed by atoms with Crippen molar-refractivity contribution < 1.29 is 4.74 Å². The summed E-state index contributed by atoms with van der Waals surface area (Å²) < 4.78 is 5.31. The first kappa shape index (κ1) is 12.2. The molecule has 2 heteroatoms. The monoisotopic (exact) mass is 231 g/mol. The van der Waals surface area contributed by atoms with Crippen LogP contribution in [0.15, 0.2) is 24.3 Å². The lowest BCUT2D eigenvalue weighted by atomic mass is 9.88. The number of allylic oxidation sites excluding steroid dienone is 2. The number of unbranched alkanes of at least 4 members (excludes halogenated alkanes) is 1. The van der Waals surface area contributed by atoms with E-state index in [1.807, 2.05) is 0 Å². The van der Waals surface area contributed by atoms with Crippen molar-refractivity contribution in [1.82, 2.24) is 0 Å². The number of nitrogens with two attached hydrogens (primary N) is 1. The first-order chi connectivity index (χ1) is 8.35. The van der Waals surface area contributed by atoms with E-state index in [0.29, 0.717) is 0 Å². The van der Waals surface area contributed by atoms with Crippen molar-refractivity contribution in [2.24, 2.45) is 5.73 Å². The van der Waals surface area contributed by atoms with Crippen LogP contribution < -0.4 is 10.5 Å². The van der Waals surface area contributed by atoms with E-state index in [1.54, 1.807) is 7.11 Å². The highest BCUT2D eigenvalue weighted by atomic mass is 16.5. The van der Waals surface area contributed by atoms with E-state index in [2.05, 4.69) is 24.3 Å². The summed E-state index contributed by atoms with van der Waals surface area (Å²) >= 11 is 0. The topological polar surface area (TPSA) is 35.2 Å². The van der Waals surface area contributed by atoms with Crippen LogP contribution in [0.4, 0.5) is 0 Å². The van der Waals surface area contributed by atoms with E-state index in [4.69, 9.17) is 10.5 Å². The zero-order valence-electron chi connectivity index (χ0n) is 10.5. The molecule has 0 radical (unpaired) electrons. The largest absolute Gasteiger partial charge is 0.497 e. The van der Waals surface area contributed by atoms with Crippen LogP contribution in [0.1, 0.15) is 36.8 Å². The summed E-state index contributed by atoms with van der Waals surface area (Å²) in [5.41, 5.74) is 9.85. The maximum Gasteiger partial charge on any atom is 0.119 e. The number of aryl methyl sites for hydroxylation is 1. The van der Waals surface area contributed by atoms with Gasteiger partial charge < -0.3 is 10.5 Å². The summed E-state index contributed by atoms with van der Waals surface area (Å²) in [5.74, 6) is 0.954. The smallest absolute Gasteiger partial charge is 0.119 e. The Kier molecular flexibility index (Phi) is 4.21. The Balaban J connectivity index is 2.17. The second kappa shape index (κ2) is 5.87. The molecule has 0 spiro atoms. The molecule has 0 aliphatic heterocycles. The van der Waals surface area contributed by atoms with E-state index < -0.39 is 0 Å². The molecule has 1 aliphatic rings. The van der Waals surface area contributed by atoms with Crippen LogP contribution in [-0.4, -0.2) is 13.7 Å². The summed E-state index contributed by atoms with van der Waals surface area (Å²) in [4.78, 5) is 0. The molecule has 0 atom stereocenters. The highest BCUT2D eigenvalue weighted by molar-refractivity contribution is 5.71. The molecule has 0 aromatic heterocycles. The van der Waals surface area contributed by atoms with Crippen molar-refractivity contribution in [1.29, 1.82) is 0 Å². The van der Waals surface area contributed by atoms with Crippen LogP contribution in [0.5, 0.6) is 5.75 Å². The Hall–Kier alpha value is -1.28. The lowest BCUT2D eigenvalue weighted by molar-refractivity contribution is 0.414. The normalized spacial score (nSPS) is 14.1. The molecule has 0 amide bonds. The summed E-state index contributed by atoms with van der Waals surface area (Å²) in [5, 5.41) is 0. The van der Waals surface area contributed by atoms with E-state index in [0.717, 1.165) is 38.0 Å². The highest BCUT2D eigenvalue weighted by Gasteiger charge is 2.12. The number of benzene rings is 1. The van der Waals surface area contributed by atoms with Crippen LogP contribution in [-0.2, 0) is 6.42 Å². The quantitative estimate of drug-likeness (QED) is 0.790. The van der Waals surface area contributed by atoms with Gasteiger partial charge in [-0.3, -0.25) is 0 Å². The van der Waals surface area contributed by atoms with E-state index >= 15 is 0 Å². The molecule has 0 saturated carbocycles. The average Bonchev–Trinajstić information content (AvgIpc) is 2.39. The van der Waals surface area contributed by atoms with Gasteiger partial charge in [0, 0.05) is 0 Å². The molecule has 2 rings (SSSR count). The molecular formula is C15H21NO. The Labute approximate surface area is 103 Å². The third kappa shape index (κ3) is 2.89. The van der Waals surface area contributed by atoms with Crippen molar-refractivity contribution >= 4 is 5.57 Å². The summed E-state index contributed by atoms with van der Waals surface area (Å²) in [6.45, 7) is 0.790. The molecule has 1 aliphatic carbocycles. The van der Waals surface area contributed by atoms with Gasteiger partial charge in [0.2, 0.25) is 0 Å². The minimum Gasteiger partial charge on any atom is -0.497 e. The molecule has 2 nitrogen and oxygen atoms in total. The first-order valence-electron chi connectivity index (χ1n) is 6.41. The Morgan fingerprint density at radius 3 is 2.94 bits per heavy atom. The number of ether oxygens (including phenoxy) is 1. The zero-order chi connectivity index (χ0) is 12.1. The van der Waals surface area contributed by atoms with Crippen LogP contribution in [0.2, 0.25) is 0 Å². The predicted molar refractivity (Wildman–Crippen MR) is 72.2 cm³/mol. The fourth-order valence-electron chi connectivity index (χ4n) is 2.41. The van der Waals surface area contributed by atoms with Crippen LogP contribution in [0.25, 0.3) is 5.57 Å². The van der Waals surface area contributed by atoms with Crippen molar-refractivity contribution in [2.45, 2.75) is 32.1 Å². The minimum atomic E-state index is 0.790. The Morgan fingerprint density at radius 2 is 2.18 bits per heavy atom. The van der Waals surface area contributed by atoms with Crippen molar-refractivity contribution in [3.63, 3.8) is 0 Å². The lowest BCUT2D eigenvalue weighted by Crippen LogP contribution is -2.02. The second-order valence-electron chi connectivity index (χ2n) is 4.54. The standard InChI is InChI=1S/C15H21NO/c1-17-14-9-8-13-7-4-6-12(15(13)11-14)5-2-3-10-16/h6,8-9,11H,2-5,7,10,16H2,1H3. The Bertz CT molecular complexity index is 409.